The molecule has 38 heavy (non-hydrogen) atoms. The first-order valence-electron chi connectivity index (χ1n) is 12.7. The summed E-state index contributed by atoms with van der Waals surface area (Å²) in [5, 5.41) is 0. The Labute approximate surface area is 218 Å². The number of para-hydroxylation sites is 2. The fraction of sp³-hybridized carbons (Fsp3) is 0.267. The van der Waals surface area contributed by atoms with Gasteiger partial charge in [0.25, 0.3) is 0 Å². The number of carbonyl (C=O) groups excluding carboxylic acids is 4. The molecule has 4 aliphatic heterocycles. The molecular weight excluding hydrogens is 484 g/mol. The number of hydrogen-bond donors (Lipinski definition) is 0. The van der Waals surface area contributed by atoms with E-state index in [2.05, 4.69) is 0 Å². The molecular formula is C30H24N2O6. The van der Waals surface area contributed by atoms with Crippen molar-refractivity contribution in [2.24, 2.45) is 0 Å². The van der Waals surface area contributed by atoms with Crippen molar-refractivity contribution in [3.63, 3.8) is 0 Å². The summed E-state index contributed by atoms with van der Waals surface area (Å²) in [6.45, 7) is 0. The van der Waals surface area contributed by atoms with Crippen molar-refractivity contribution in [2.45, 2.75) is 36.5 Å². The van der Waals surface area contributed by atoms with Gasteiger partial charge in [-0.1, -0.05) is 36.4 Å². The Morgan fingerprint density at radius 3 is 1.39 bits per heavy atom. The predicted octanol–water partition coefficient (Wildman–Crippen LogP) is 3.99. The quantitative estimate of drug-likeness (QED) is 0.391. The van der Waals surface area contributed by atoms with Crippen LogP contribution in [0.15, 0.2) is 60.7 Å². The lowest BCUT2D eigenvalue weighted by Gasteiger charge is -2.15. The van der Waals surface area contributed by atoms with Crippen molar-refractivity contribution >= 4 is 35.1 Å². The van der Waals surface area contributed by atoms with Gasteiger partial charge in [0.05, 0.1) is 23.7 Å². The van der Waals surface area contributed by atoms with Gasteiger partial charge >= 0.3 is 11.9 Å². The zero-order valence-electron chi connectivity index (χ0n) is 20.8. The van der Waals surface area contributed by atoms with Gasteiger partial charge in [0.1, 0.15) is 11.5 Å². The highest BCUT2D eigenvalue weighted by molar-refractivity contribution is 6.06. The summed E-state index contributed by atoms with van der Waals surface area (Å²) in [5.41, 5.74) is 4.69. The second-order valence-corrected chi connectivity index (χ2v) is 10.4. The zero-order valence-corrected chi connectivity index (χ0v) is 20.8. The lowest BCUT2D eigenvalue weighted by Crippen LogP contribution is -2.26. The van der Waals surface area contributed by atoms with Crippen LogP contribution >= 0.6 is 0 Å². The largest absolute Gasteiger partial charge is 0.426 e. The number of anilines is 2. The Kier molecular flexibility index (Phi) is 4.79. The standard InChI is InChI=1S/C30H24N2O6/c1-31-23-9-5-3-7-15(23)19(27(31)33)11-21-17-13-26-18(14-25(17)37-29(21)35)22(30(36)38-26)12-20-16-8-4-6-10-24(16)32(2)28(20)34/h3-10,13-14,19-22H,11-12H2,1-2H3. The van der Waals surface area contributed by atoms with Gasteiger partial charge in [0, 0.05) is 36.6 Å². The zero-order chi connectivity index (χ0) is 26.3. The van der Waals surface area contributed by atoms with E-state index in [1.54, 1.807) is 36.0 Å². The Morgan fingerprint density at radius 2 is 0.974 bits per heavy atom. The van der Waals surface area contributed by atoms with Crippen LogP contribution in [0.3, 0.4) is 0 Å². The van der Waals surface area contributed by atoms with Crippen molar-refractivity contribution in [3.8, 4) is 11.5 Å². The van der Waals surface area contributed by atoms with Crippen LogP contribution in [-0.4, -0.2) is 37.8 Å². The molecule has 7 rings (SSSR count). The molecule has 4 atom stereocenters. The van der Waals surface area contributed by atoms with E-state index in [-0.39, 0.29) is 24.7 Å². The molecule has 0 aromatic heterocycles. The van der Waals surface area contributed by atoms with Gasteiger partial charge in [-0.25, -0.2) is 0 Å². The molecule has 190 valence electrons. The van der Waals surface area contributed by atoms with Gasteiger partial charge in [-0.2, -0.15) is 0 Å². The van der Waals surface area contributed by atoms with E-state index >= 15 is 0 Å². The molecule has 8 nitrogen and oxygen atoms in total. The second kappa shape index (κ2) is 8.02. The van der Waals surface area contributed by atoms with E-state index < -0.39 is 35.6 Å². The van der Waals surface area contributed by atoms with Crippen LogP contribution in [0.2, 0.25) is 0 Å². The molecule has 0 radical (unpaired) electrons. The average molecular weight is 509 g/mol. The van der Waals surface area contributed by atoms with Crippen LogP contribution in [0.4, 0.5) is 11.4 Å². The Hall–Kier alpha value is -4.46. The van der Waals surface area contributed by atoms with Crippen molar-refractivity contribution in [1.82, 2.24) is 0 Å². The Bertz CT molecular complexity index is 1460. The van der Waals surface area contributed by atoms with E-state index in [0.29, 0.717) is 22.6 Å². The molecule has 0 bridgehead atoms. The molecule has 8 heteroatoms. The third-order valence-corrected chi connectivity index (χ3v) is 8.43. The summed E-state index contributed by atoms with van der Waals surface area (Å²) < 4.78 is 11.3. The second-order valence-electron chi connectivity index (χ2n) is 10.4. The third-order valence-electron chi connectivity index (χ3n) is 8.43. The highest BCUT2D eigenvalue weighted by atomic mass is 16.5. The lowest BCUT2D eigenvalue weighted by molar-refractivity contribution is -0.135. The summed E-state index contributed by atoms with van der Waals surface area (Å²) in [4.78, 5) is 55.2. The molecule has 4 unspecified atom stereocenters. The number of fused-ring (bicyclic) bond motifs is 4. The topological polar surface area (TPSA) is 93.2 Å². The summed E-state index contributed by atoms with van der Waals surface area (Å²) in [7, 11) is 3.47. The van der Waals surface area contributed by atoms with E-state index in [1.807, 2.05) is 48.5 Å². The third kappa shape index (κ3) is 3.09. The number of nitrogens with zero attached hydrogens (tertiary/aromatic N) is 2. The van der Waals surface area contributed by atoms with Crippen LogP contribution in [0.5, 0.6) is 11.5 Å². The van der Waals surface area contributed by atoms with E-state index in [1.165, 1.54) is 0 Å². The summed E-state index contributed by atoms with van der Waals surface area (Å²) in [6.07, 6.45) is 0.532. The lowest BCUT2D eigenvalue weighted by atomic mass is 9.84. The fourth-order valence-electron chi connectivity index (χ4n) is 6.45. The molecule has 3 aromatic carbocycles. The molecule has 4 heterocycles. The van der Waals surface area contributed by atoms with Gasteiger partial charge < -0.3 is 19.3 Å². The highest BCUT2D eigenvalue weighted by Crippen LogP contribution is 2.51. The predicted molar refractivity (Wildman–Crippen MR) is 138 cm³/mol. The van der Waals surface area contributed by atoms with Crippen molar-refractivity contribution < 1.29 is 28.7 Å². The Balaban J connectivity index is 1.19. The van der Waals surface area contributed by atoms with Crippen LogP contribution < -0.4 is 19.3 Å². The van der Waals surface area contributed by atoms with Gasteiger partial charge in [0.2, 0.25) is 11.8 Å². The normalized spacial score (nSPS) is 24.8. The molecule has 4 aliphatic rings. The molecule has 0 aliphatic carbocycles. The first-order valence-corrected chi connectivity index (χ1v) is 12.7. The number of ether oxygens (including phenoxy) is 2. The summed E-state index contributed by atoms with van der Waals surface area (Å²) in [6, 6.07) is 18.6. The van der Waals surface area contributed by atoms with Crippen LogP contribution in [0.25, 0.3) is 0 Å². The summed E-state index contributed by atoms with van der Waals surface area (Å²) in [5.74, 6) is -2.45. The maximum Gasteiger partial charge on any atom is 0.319 e. The maximum absolute atomic E-state index is 13.0. The molecule has 0 N–H and O–H groups in total. The van der Waals surface area contributed by atoms with Gasteiger partial charge in [-0.3, -0.25) is 19.2 Å². The van der Waals surface area contributed by atoms with Crippen molar-refractivity contribution in [1.29, 1.82) is 0 Å². The summed E-state index contributed by atoms with van der Waals surface area (Å²) >= 11 is 0. The van der Waals surface area contributed by atoms with Gasteiger partial charge in [-0.15, -0.1) is 0 Å². The smallest absolute Gasteiger partial charge is 0.319 e. The number of esters is 2. The van der Waals surface area contributed by atoms with E-state index in [0.717, 1.165) is 22.5 Å². The van der Waals surface area contributed by atoms with Gasteiger partial charge in [0.15, 0.2) is 0 Å². The van der Waals surface area contributed by atoms with Crippen molar-refractivity contribution in [3.05, 3.63) is 82.9 Å². The maximum atomic E-state index is 13.0. The molecule has 2 amide bonds. The minimum absolute atomic E-state index is 0.0634. The first-order chi connectivity index (χ1) is 18.3. The number of hydrogen-bond acceptors (Lipinski definition) is 6. The molecule has 0 spiro atoms. The SMILES string of the molecule is CN1C(=O)C(CC2C(=O)Oc3cc4c(cc32)OC(=O)C4CC2C(=O)N(C)c3ccccc32)c2ccccc21. The van der Waals surface area contributed by atoms with Gasteiger partial charge in [-0.05, 0) is 48.2 Å². The first kappa shape index (κ1) is 22.7. The molecule has 0 fully saturated rings. The van der Waals surface area contributed by atoms with Crippen molar-refractivity contribution in [2.75, 3.05) is 23.9 Å². The number of amides is 2. The van der Waals surface area contributed by atoms with Crippen LogP contribution in [-0.2, 0) is 19.2 Å². The average Bonchev–Trinajstić information content (AvgIpc) is 3.55. The number of carbonyl (C=O) groups is 4. The fourth-order valence-corrected chi connectivity index (χ4v) is 6.45. The van der Waals surface area contributed by atoms with E-state index in [4.69, 9.17) is 9.47 Å². The monoisotopic (exact) mass is 508 g/mol. The number of likely N-dealkylation sites (N-methyl/N-ethyl adjacent to an activating group) is 2. The van der Waals surface area contributed by atoms with Crippen LogP contribution in [0, 0.1) is 0 Å². The Morgan fingerprint density at radius 1 is 0.579 bits per heavy atom. The molecule has 0 saturated carbocycles. The number of benzene rings is 3. The van der Waals surface area contributed by atoms with E-state index in [9.17, 15) is 19.2 Å². The minimum Gasteiger partial charge on any atom is -0.426 e. The van der Waals surface area contributed by atoms with Crippen LogP contribution in [0.1, 0.15) is 58.8 Å². The number of rotatable bonds is 4. The highest BCUT2D eigenvalue weighted by Gasteiger charge is 2.46. The molecule has 3 aromatic rings. The minimum atomic E-state index is -0.654. The molecule has 0 saturated heterocycles.